The molecule has 6 heteroatoms. The summed E-state index contributed by atoms with van der Waals surface area (Å²) in [5.41, 5.74) is 0.433. The molecule has 2 rings (SSSR count). The van der Waals surface area contributed by atoms with Crippen molar-refractivity contribution in [2.75, 3.05) is 11.9 Å². The molecule has 0 bridgehead atoms. The number of hydrogen-bond acceptors (Lipinski definition) is 2. The highest BCUT2D eigenvalue weighted by Gasteiger charge is 2.25. The maximum Gasteiger partial charge on any atom is 0.337 e. The number of nitrogens with one attached hydrogen (secondary N) is 1. The number of carbonyl (C=O) groups excluding carboxylic acids is 1. The van der Waals surface area contributed by atoms with E-state index in [1.807, 2.05) is 4.90 Å². The molecule has 2 N–H and O–H groups in total. The van der Waals surface area contributed by atoms with Crippen molar-refractivity contribution < 1.29 is 14.7 Å². The third kappa shape index (κ3) is 3.67. The van der Waals surface area contributed by atoms with Crippen molar-refractivity contribution >= 4 is 29.3 Å². The van der Waals surface area contributed by atoms with Gasteiger partial charge in [0.25, 0.3) is 0 Å². The Bertz CT molecular complexity index is 548. The summed E-state index contributed by atoms with van der Waals surface area (Å²) in [6.45, 7) is 2.81. The molecule has 1 aliphatic heterocycles. The fourth-order valence-electron chi connectivity index (χ4n) is 2.65. The highest BCUT2D eigenvalue weighted by atomic mass is 35.5. The van der Waals surface area contributed by atoms with E-state index in [9.17, 15) is 9.59 Å². The number of anilines is 1. The van der Waals surface area contributed by atoms with Gasteiger partial charge in [-0.3, -0.25) is 0 Å². The molecule has 1 fully saturated rings. The minimum atomic E-state index is -1.11. The van der Waals surface area contributed by atoms with Crippen LogP contribution in [0.1, 0.15) is 43.0 Å². The maximum absolute atomic E-state index is 12.3. The van der Waals surface area contributed by atoms with Crippen LogP contribution < -0.4 is 5.32 Å². The zero-order valence-electron chi connectivity index (χ0n) is 11.9. The SMILES string of the molecule is CCC1CCCCN1C(=O)Nc1ccc(Cl)c(C(=O)O)c1. The summed E-state index contributed by atoms with van der Waals surface area (Å²) in [6, 6.07) is 4.55. The molecule has 0 spiro atoms. The van der Waals surface area contributed by atoms with Gasteiger partial charge < -0.3 is 15.3 Å². The van der Waals surface area contributed by atoms with Gasteiger partial charge in [0, 0.05) is 18.3 Å². The second-order valence-corrected chi connectivity index (χ2v) is 5.59. The highest BCUT2D eigenvalue weighted by molar-refractivity contribution is 6.33. The average molecular weight is 311 g/mol. The maximum atomic E-state index is 12.3. The summed E-state index contributed by atoms with van der Waals surface area (Å²) in [6.07, 6.45) is 4.09. The number of nitrogens with zero attached hydrogens (tertiary/aromatic N) is 1. The fourth-order valence-corrected chi connectivity index (χ4v) is 2.85. The van der Waals surface area contributed by atoms with Gasteiger partial charge in [-0.05, 0) is 43.9 Å². The minimum Gasteiger partial charge on any atom is -0.478 e. The number of carboxylic acid groups (broad SMARTS) is 1. The van der Waals surface area contributed by atoms with Crippen LogP contribution in [0.15, 0.2) is 18.2 Å². The van der Waals surface area contributed by atoms with E-state index in [0.717, 1.165) is 32.2 Å². The molecular formula is C15H19ClN2O3. The molecule has 1 heterocycles. The molecule has 5 nitrogen and oxygen atoms in total. The van der Waals surface area contributed by atoms with E-state index >= 15 is 0 Å². The molecule has 2 amide bonds. The smallest absolute Gasteiger partial charge is 0.337 e. The van der Waals surface area contributed by atoms with E-state index in [0.29, 0.717) is 5.69 Å². The molecule has 1 aromatic carbocycles. The standard InChI is InChI=1S/C15H19ClN2O3/c1-2-11-5-3-4-8-18(11)15(21)17-10-6-7-13(16)12(9-10)14(19)20/h6-7,9,11H,2-5,8H2,1H3,(H,17,21)(H,19,20). The van der Waals surface area contributed by atoms with Crippen LogP contribution in [0.2, 0.25) is 5.02 Å². The summed E-state index contributed by atoms with van der Waals surface area (Å²) in [4.78, 5) is 25.2. The molecule has 1 unspecified atom stereocenters. The molecule has 1 atom stereocenters. The lowest BCUT2D eigenvalue weighted by Crippen LogP contribution is -2.45. The topological polar surface area (TPSA) is 69.6 Å². The molecule has 1 aliphatic rings. The number of urea groups is 1. The number of hydrogen-bond donors (Lipinski definition) is 2. The lowest BCUT2D eigenvalue weighted by atomic mass is 10.0. The summed E-state index contributed by atoms with van der Waals surface area (Å²) < 4.78 is 0. The third-order valence-electron chi connectivity index (χ3n) is 3.81. The van der Waals surface area contributed by atoms with E-state index in [1.54, 1.807) is 6.07 Å². The van der Waals surface area contributed by atoms with Crippen LogP contribution >= 0.6 is 11.6 Å². The van der Waals surface area contributed by atoms with E-state index in [4.69, 9.17) is 16.7 Å². The third-order valence-corrected chi connectivity index (χ3v) is 4.14. The van der Waals surface area contributed by atoms with Crippen LogP contribution in [0.5, 0.6) is 0 Å². The fraction of sp³-hybridized carbons (Fsp3) is 0.467. The second-order valence-electron chi connectivity index (χ2n) is 5.18. The van der Waals surface area contributed by atoms with Crippen molar-refractivity contribution in [2.24, 2.45) is 0 Å². The van der Waals surface area contributed by atoms with Crippen LogP contribution in [0.4, 0.5) is 10.5 Å². The molecule has 0 aliphatic carbocycles. The number of carboxylic acids is 1. The Labute approximate surface area is 128 Å². The van der Waals surface area contributed by atoms with E-state index in [1.165, 1.54) is 12.1 Å². The number of likely N-dealkylation sites (tertiary alicyclic amines) is 1. The zero-order valence-corrected chi connectivity index (χ0v) is 12.7. The Balaban J connectivity index is 2.12. The first-order valence-electron chi connectivity index (χ1n) is 7.13. The summed E-state index contributed by atoms with van der Waals surface area (Å²) in [5, 5.41) is 12.0. The summed E-state index contributed by atoms with van der Waals surface area (Å²) in [5.74, 6) is -1.11. The highest BCUT2D eigenvalue weighted by Crippen LogP contribution is 2.23. The van der Waals surface area contributed by atoms with Gasteiger partial charge in [-0.2, -0.15) is 0 Å². The number of amides is 2. The Kier molecular flexibility index (Phi) is 5.07. The second kappa shape index (κ2) is 6.80. The molecule has 0 radical (unpaired) electrons. The lowest BCUT2D eigenvalue weighted by Gasteiger charge is -2.35. The van der Waals surface area contributed by atoms with Gasteiger partial charge in [-0.15, -0.1) is 0 Å². The van der Waals surface area contributed by atoms with E-state index < -0.39 is 5.97 Å². The number of carbonyl (C=O) groups is 2. The quantitative estimate of drug-likeness (QED) is 0.891. The molecule has 1 saturated heterocycles. The Morgan fingerprint density at radius 3 is 2.86 bits per heavy atom. The van der Waals surface area contributed by atoms with Crippen LogP contribution in [0, 0.1) is 0 Å². The normalized spacial score (nSPS) is 18.4. The van der Waals surface area contributed by atoms with Crippen molar-refractivity contribution in [2.45, 2.75) is 38.6 Å². The minimum absolute atomic E-state index is 0.0137. The number of aromatic carboxylic acids is 1. The van der Waals surface area contributed by atoms with Gasteiger partial charge in [-0.25, -0.2) is 9.59 Å². The van der Waals surface area contributed by atoms with Gasteiger partial charge >= 0.3 is 12.0 Å². The largest absolute Gasteiger partial charge is 0.478 e. The van der Waals surface area contributed by atoms with Crippen molar-refractivity contribution in [1.29, 1.82) is 0 Å². The predicted octanol–water partition coefficient (Wildman–Crippen LogP) is 3.83. The Morgan fingerprint density at radius 2 is 2.19 bits per heavy atom. The number of benzene rings is 1. The van der Waals surface area contributed by atoms with E-state index in [2.05, 4.69) is 12.2 Å². The van der Waals surface area contributed by atoms with Gasteiger partial charge in [-0.1, -0.05) is 18.5 Å². The van der Waals surface area contributed by atoms with Crippen LogP contribution in [0.25, 0.3) is 0 Å². The van der Waals surface area contributed by atoms with Crippen molar-refractivity contribution in [1.82, 2.24) is 4.90 Å². The van der Waals surface area contributed by atoms with Gasteiger partial charge in [0.05, 0.1) is 10.6 Å². The van der Waals surface area contributed by atoms with Crippen molar-refractivity contribution in [3.8, 4) is 0 Å². The number of piperidine rings is 1. The Morgan fingerprint density at radius 1 is 1.43 bits per heavy atom. The predicted molar refractivity (Wildman–Crippen MR) is 82.1 cm³/mol. The average Bonchev–Trinajstić information content (AvgIpc) is 2.48. The molecule has 0 aromatic heterocycles. The van der Waals surface area contributed by atoms with Crippen LogP contribution in [-0.2, 0) is 0 Å². The van der Waals surface area contributed by atoms with E-state index in [-0.39, 0.29) is 22.7 Å². The van der Waals surface area contributed by atoms with Gasteiger partial charge in [0.15, 0.2) is 0 Å². The van der Waals surface area contributed by atoms with Crippen molar-refractivity contribution in [3.63, 3.8) is 0 Å². The molecular weight excluding hydrogens is 292 g/mol. The van der Waals surface area contributed by atoms with Crippen LogP contribution in [-0.4, -0.2) is 34.6 Å². The lowest BCUT2D eigenvalue weighted by molar-refractivity contribution is 0.0697. The summed E-state index contributed by atoms with van der Waals surface area (Å²) in [7, 11) is 0. The van der Waals surface area contributed by atoms with Gasteiger partial charge in [0.1, 0.15) is 0 Å². The first-order valence-corrected chi connectivity index (χ1v) is 7.51. The monoisotopic (exact) mass is 310 g/mol. The zero-order chi connectivity index (χ0) is 15.4. The van der Waals surface area contributed by atoms with Gasteiger partial charge in [0.2, 0.25) is 0 Å². The van der Waals surface area contributed by atoms with Crippen LogP contribution in [0.3, 0.4) is 0 Å². The first kappa shape index (κ1) is 15.6. The van der Waals surface area contributed by atoms with Crippen molar-refractivity contribution in [3.05, 3.63) is 28.8 Å². The molecule has 21 heavy (non-hydrogen) atoms. The first-order chi connectivity index (χ1) is 10.0. The molecule has 1 aromatic rings. The number of halogens is 1. The summed E-state index contributed by atoms with van der Waals surface area (Å²) >= 11 is 5.82. The number of rotatable bonds is 3. The molecule has 0 saturated carbocycles. The Hall–Kier alpha value is -1.75. The molecule has 114 valence electrons.